The highest BCUT2D eigenvalue weighted by Crippen LogP contribution is 2.45. The number of hydrogen-bond donors (Lipinski definition) is 1. The van der Waals surface area contributed by atoms with Gasteiger partial charge in [-0.25, -0.2) is 4.99 Å². The number of nitrogens with zero attached hydrogens (tertiary/aromatic N) is 2. The number of nitrogens with one attached hydrogen (secondary N) is 1. The van der Waals surface area contributed by atoms with Crippen LogP contribution < -0.4 is 10.1 Å². The van der Waals surface area contributed by atoms with Crippen molar-refractivity contribution in [2.75, 3.05) is 0 Å². The Morgan fingerprint density at radius 1 is 1.24 bits per heavy atom. The van der Waals surface area contributed by atoms with Crippen LogP contribution in [0.1, 0.15) is 70.4 Å². The van der Waals surface area contributed by atoms with Crippen LogP contribution in [0.4, 0.5) is 5.00 Å². The average Bonchev–Trinajstić information content (AvgIpc) is 3.61. The Hall–Kier alpha value is -3.67. The zero-order chi connectivity index (χ0) is 29.0. The Labute approximate surface area is 253 Å². The van der Waals surface area contributed by atoms with Gasteiger partial charge in [0.1, 0.15) is 23.1 Å². The molecule has 4 aromatic rings. The van der Waals surface area contributed by atoms with E-state index in [2.05, 4.69) is 48.1 Å². The topological polar surface area (TPSA) is 87.6 Å². The quantitative estimate of drug-likeness (QED) is 0.198. The van der Waals surface area contributed by atoms with E-state index < -0.39 is 0 Å². The summed E-state index contributed by atoms with van der Waals surface area (Å²) < 4.78 is 12.2. The summed E-state index contributed by atoms with van der Waals surface area (Å²) in [4.78, 5) is 19.5. The van der Waals surface area contributed by atoms with Crippen LogP contribution in [0.2, 0.25) is 0 Å². The molecule has 0 aliphatic heterocycles. The van der Waals surface area contributed by atoms with Gasteiger partial charge >= 0.3 is 0 Å². The summed E-state index contributed by atoms with van der Waals surface area (Å²) in [5, 5.41) is 13.1. The molecule has 0 fully saturated rings. The van der Waals surface area contributed by atoms with Gasteiger partial charge in [-0.3, -0.25) is 4.79 Å². The van der Waals surface area contributed by atoms with Crippen LogP contribution in [0.5, 0.6) is 5.75 Å². The largest absolute Gasteiger partial charge is 0.488 e. The summed E-state index contributed by atoms with van der Waals surface area (Å²) >= 11 is 5.23. The number of nitriles is 1. The van der Waals surface area contributed by atoms with E-state index >= 15 is 0 Å². The average molecular weight is 631 g/mol. The lowest BCUT2D eigenvalue weighted by atomic mass is 9.72. The lowest BCUT2D eigenvalue weighted by molar-refractivity contribution is 0.0947. The van der Waals surface area contributed by atoms with E-state index in [1.807, 2.05) is 48.5 Å². The number of fused-ring (bicyclic) bond motifs is 1. The molecule has 0 saturated heterocycles. The molecule has 0 radical (unpaired) electrons. The molecule has 1 atom stereocenters. The fourth-order valence-electron chi connectivity index (χ4n) is 5.06. The SMILES string of the molecule is CC(C)(C)[C@@H]1CCc2c(sc(N=Cc3ccc(OCc4ccccc4C#N)c(Br)c3)c2C(=O)NCc2ccco2)C1. The maximum atomic E-state index is 13.5. The summed E-state index contributed by atoms with van der Waals surface area (Å²) in [5.41, 5.74) is 4.32. The molecule has 5 rings (SSSR count). The summed E-state index contributed by atoms with van der Waals surface area (Å²) in [5.74, 6) is 1.83. The first-order valence-electron chi connectivity index (χ1n) is 13.6. The number of amides is 1. The third-order valence-corrected chi connectivity index (χ3v) is 9.29. The van der Waals surface area contributed by atoms with E-state index in [-0.39, 0.29) is 11.3 Å². The molecule has 1 aliphatic rings. The van der Waals surface area contributed by atoms with E-state index in [1.54, 1.807) is 29.9 Å². The van der Waals surface area contributed by atoms with Crippen LogP contribution in [-0.4, -0.2) is 12.1 Å². The Morgan fingerprint density at radius 2 is 2.07 bits per heavy atom. The summed E-state index contributed by atoms with van der Waals surface area (Å²) in [6, 6.07) is 19.0. The number of hydrogen-bond acceptors (Lipinski definition) is 6. The van der Waals surface area contributed by atoms with Crippen LogP contribution in [0, 0.1) is 22.7 Å². The number of rotatable bonds is 8. The number of ether oxygens (including phenoxy) is 1. The van der Waals surface area contributed by atoms with Gasteiger partial charge < -0.3 is 14.5 Å². The molecule has 0 spiro atoms. The van der Waals surface area contributed by atoms with Gasteiger partial charge in [0.2, 0.25) is 0 Å². The van der Waals surface area contributed by atoms with Crippen molar-refractivity contribution in [1.29, 1.82) is 5.26 Å². The second kappa shape index (κ2) is 12.5. The molecule has 6 nitrogen and oxygen atoms in total. The number of thiophene rings is 1. The molecule has 0 unspecified atom stereocenters. The normalized spacial score (nSPS) is 15.0. The Balaban J connectivity index is 1.37. The molecular weight excluding hydrogens is 598 g/mol. The third-order valence-electron chi connectivity index (χ3n) is 7.51. The molecule has 0 bridgehead atoms. The molecule has 8 heteroatoms. The molecule has 2 heterocycles. The number of aliphatic imine (C=N–C) groups is 1. The molecule has 0 saturated carbocycles. The minimum atomic E-state index is -0.122. The van der Waals surface area contributed by atoms with E-state index in [0.29, 0.717) is 41.7 Å². The van der Waals surface area contributed by atoms with Crippen molar-refractivity contribution in [3.05, 3.63) is 104 Å². The first kappa shape index (κ1) is 28.8. The van der Waals surface area contributed by atoms with Crippen molar-refractivity contribution in [1.82, 2.24) is 5.32 Å². The van der Waals surface area contributed by atoms with Crippen LogP contribution in [0.15, 0.2) is 74.7 Å². The van der Waals surface area contributed by atoms with Gasteiger partial charge in [0.25, 0.3) is 5.91 Å². The number of carbonyl (C=O) groups excluding carboxylic acids is 1. The Bertz CT molecular complexity index is 1610. The summed E-state index contributed by atoms with van der Waals surface area (Å²) in [6.45, 7) is 7.50. The second-order valence-electron chi connectivity index (χ2n) is 11.3. The van der Waals surface area contributed by atoms with E-state index in [0.717, 1.165) is 45.4 Å². The second-order valence-corrected chi connectivity index (χ2v) is 13.2. The number of furan rings is 1. The van der Waals surface area contributed by atoms with Gasteiger partial charge in [0, 0.05) is 16.7 Å². The lowest BCUT2D eigenvalue weighted by Crippen LogP contribution is -2.28. The van der Waals surface area contributed by atoms with E-state index in [9.17, 15) is 10.1 Å². The van der Waals surface area contributed by atoms with Crippen molar-refractivity contribution in [2.45, 2.75) is 53.2 Å². The highest BCUT2D eigenvalue weighted by molar-refractivity contribution is 9.10. The molecule has 1 amide bonds. The first-order valence-corrected chi connectivity index (χ1v) is 15.2. The van der Waals surface area contributed by atoms with E-state index in [4.69, 9.17) is 14.1 Å². The summed E-state index contributed by atoms with van der Waals surface area (Å²) in [6.07, 6.45) is 6.29. The lowest BCUT2D eigenvalue weighted by Gasteiger charge is -2.33. The maximum absolute atomic E-state index is 13.5. The van der Waals surface area contributed by atoms with Gasteiger partial charge in [-0.1, -0.05) is 39.0 Å². The maximum Gasteiger partial charge on any atom is 0.255 e. The van der Waals surface area contributed by atoms with Gasteiger partial charge in [-0.2, -0.15) is 5.26 Å². The number of carbonyl (C=O) groups is 1. The van der Waals surface area contributed by atoms with Gasteiger partial charge in [0.05, 0.1) is 34.5 Å². The summed E-state index contributed by atoms with van der Waals surface area (Å²) in [7, 11) is 0. The van der Waals surface area contributed by atoms with Crippen LogP contribution in [-0.2, 0) is 26.0 Å². The molecule has 2 aromatic heterocycles. The third kappa shape index (κ3) is 6.80. The smallest absolute Gasteiger partial charge is 0.255 e. The minimum absolute atomic E-state index is 0.122. The molecule has 1 N–H and O–H groups in total. The molecule has 2 aromatic carbocycles. The predicted molar refractivity (Wildman–Crippen MR) is 166 cm³/mol. The molecule has 41 heavy (non-hydrogen) atoms. The van der Waals surface area contributed by atoms with Gasteiger partial charge in [-0.05, 0) is 94.1 Å². The Morgan fingerprint density at radius 3 is 2.80 bits per heavy atom. The molecular formula is C33H32BrN3O3S. The standard InChI is InChI=1S/C33H32BrN3O3S/c1-33(2,3)24-11-12-26-29(16-24)41-32(30(26)31(38)36-19-25-9-6-14-39-25)37-18-21-10-13-28(27(34)15-21)40-20-23-8-5-4-7-22(23)17-35/h4-10,13-15,18,24H,11-12,16,19-20H2,1-3H3,(H,36,38)/t24-/m1/s1. The number of halogens is 1. The fraction of sp³-hybridized carbons (Fsp3) is 0.303. The monoisotopic (exact) mass is 629 g/mol. The number of benzene rings is 2. The highest BCUT2D eigenvalue weighted by atomic mass is 79.9. The van der Waals surface area contributed by atoms with Crippen molar-refractivity contribution in [3.63, 3.8) is 0 Å². The van der Waals surface area contributed by atoms with Crippen molar-refractivity contribution in [3.8, 4) is 11.8 Å². The zero-order valence-electron chi connectivity index (χ0n) is 23.4. The van der Waals surface area contributed by atoms with Crippen molar-refractivity contribution < 1.29 is 13.9 Å². The van der Waals surface area contributed by atoms with Crippen LogP contribution >= 0.6 is 27.3 Å². The highest BCUT2D eigenvalue weighted by Gasteiger charge is 2.33. The van der Waals surface area contributed by atoms with Gasteiger partial charge in [0.15, 0.2) is 0 Å². The zero-order valence-corrected chi connectivity index (χ0v) is 25.8. The van der Waals surface area contributed by atoms with Crippen molar-refractivity contribution in [2.24, 2.45) is 16.3 Å². The fourth-order valence-corrected chi connectivity index (χ4v) is 6.84. The molecule has 1 aliphatic carbocycles. The minimum Gasteiger partial charge on any atom is -0.488 e. The van der Waals surface area contributed by atoms with E-state index in [1.165, 1.54) is 4.88 Å². The first-order chi connectivity index (χ1) is 19.7. The van der Waals surface area contributed by atoms with Crippen LogP contribution in [0.25, 0.3) is 0 Å². The van der Waals surface area contributed by atoms with Crippen LogP contribution in [0.3, 0.4) is 0 Å². The molecule has 210 valence electrons. The van der Waals surface area contributed by atoms with Crippen molar-refractivity contribution >= 4 is 44.4 Å². The van der Waals surface area contributed by atoms with Gasteiger partial charge in [-0.15, -0.1) is 11.3 Å². The predicted octanol–water partition coefficient (Wildman–Crippen LogP) is 8.39. The Kier molecular flexibility index (Phi) is 8.77.